The number of benzene rings is 6. The molecule has 0 aromatic heterocycles. The van der Waals surface area contributed by atoms with E-state index in [0.717, 1.165) is 0 Å². The van der Waals surface area contributed by atoms with E-state index in [4.69, 9.17) is 5.11 Å². The van der Waals surface area contributed by atoms with Gasteiger partial charge in [0.25, 0.3) is 5.78 Å². The first-order chi connectivity index (χ1) is 24.4. The van der Waals surface area contributed by atoms with E-state index < -0.39 is 45.8 Å². The quantitative estimate of drug-likeness (QED) is 0.0757. The molecule has 6 rings (SSSR count). The number of halogens is 6. The average Bonchev–Trinajstić information content (AvgIpc) is 3.14. The Balaban J connectivity index is 0.000000213. The van der Waals surface area contributed by atoms with Gasteiger partial charge in [0.05, 0.1) is 15.8 Å². The molecule has 11 heteroatoms. The van der Waals surface area contributed by atoms with Crippen molar-refractivity contribution in [1.29, 1.82) is 0 Å². The van der Waals surface area contributed by atoms with E-state index in [1.807, 2.05) is 0 Å². The normalized spacial score (nSPS) is 11.3. The minimum absolute atomic E-state index is 0. The van der Waals surface area contributed by atoms with E-state index in [2.05, 4.69) is 182 Å². The van der Waals surface area contributed by atoms with Gasteiger partial charge in [0.15, 0.2) is 0 Å². The molecule has 0 heterocycles. The predicted molar refractivity (Wildman–Crippen MR) is 201 cm³/mol. The molecule has 2 nitrogen and oxygen atoms in total. The molecule has 0 bridgehead atoms. The van der Waals surface area contributed by atoms with Gasteiger partial charge in [-0.3, -0.25) is 4.79 Å². The summed E-state index contributed by atoms with van der Waals surface area (Å²) in [6, 6.07) is 65.0. The molecule has 6 aromatic carbocycles. The molecule has 0 saturated carbocycles. The van der Waals surface area contributed by atoms with Crippen molar-refractivity contribution in [3.05, 3.63) is 194 Å². The fourth-order valence-corrected chi connectivity index (χ4v) is 10.1. The van der Waals surface area contributed by atoms with E-state index in [9.17, 15) is 31.1 Å². The fraction of sp³-hybridized carbons (Fsp3) is 0.0488. The number of carbonyl (C=O) groups excluding carboxylic acids is 1. The van der Waals surface area contributed by atoms with Crippen LogP contribution in [0.25, 0.3) is 0 Å². The molecular formula is C41H34EuF6O2P2+2. The van der Waals surface area contributed by atoms with Crippen LogP contribution in [0, 0.1) is 49.4 Å². The predicted octanol–water partition coefficient (Wildman–Crippen LogP) is 8.48. The Morgan fingerprint density at radius 3 is 0.750 bits per heavy atom. The molecule has 52 heavy (non-hydrogen) atoms. The molecule has 0 amide bonds. The first-order valence-corrected chi connectivity index (χ1v) is 18.6. The zero-order valence-corrected chi connectivity index (χ0v) is 31.8. The Kier molecular flexibility index (Phi) is 17.6. The SMILES string of the molecule is O=C(/C=C(\O)C(F)(F)F)C(F)(F)F.[Eu].c1ccc([PH+](c2ccccc2)c2ccccc2)cc1.c1ccc([PH+](c2ccccc2)c2ccccc2)cc1. The molecule has 267 valence electrons. The smallest absolute Gasteiger partial charge is 0.454 e. The summed E-state index contributed by atoms with van der Waals surface area (Å²) in [6.07, 6.45) is -11.7. The summed E-state index contributed by atoms with van der Waals surface area (Å²) >= 11 is 0. The third kappa shape index (κ3) is 13.5. The number of alkyl halides is 6. The van der Waals surface area contributed by atoms with Crippen molar-refractivity contribution < 1.29 is 85.6 Å². The largest absolute Gasteiger partial charge is 0.504 e. The topological polar surface area (TPSA) is 37.3 Å². The molecule has 0 fully saturated rings. The summed E-state index contributed by atoms with van der Waals surface area (Å²) < 4.78 is 68.1. The summed E-state index contributed by atoms with van der Waals surface area (Å²) in [5, 5.41) is 16.5. The Morgan fingerprint density at radius 2 is 0.596 bits per heavy atom. The van der Waals surface area contributed by atoms with Gasteiger partial charge >= 0.3 is 12.4 Å². The van der Waals surface area contributed by atoms with Gasteiger partial charge in [-0.15, -0.1) is 0 Å². The van der Waals surface area contributed by atoms with E-state index >= 15 is 0 Å². The monoisotopic (exact) mass is 887 g/mol. The Morgan fingerprint density at radius 1 is 0.404 bits per heavy atom. The zero-order valence-electron chi connectivity index (χ0n) is 27.4. The number of ketones is 1. The Hall–Kier alpha value is -3.45. The summed E-state index contributed by atoms with van der Waals surface area (Å²) in [5.74, 6) is -5.34. The van der Waals surface area contributed by atoms with Crippen molar-refractivity contribution in [1.82, 2.24) is 0 Å². The van der Waals surface area contributed by atoms with E-state index in [-0.39, 0.29) is 49.4 Å². The van der Waals surface area contributed by atoms with Gasteiger partial charge in [0, 0.05) is 55.5 Å². The number of rotatable bonds is 7. The molecule has 0 atom stereocenters. The third-order valence-electron chi connectivity index (χ3n) is 7.21. The first kappa shape index (κ1) is 43.0. The first-order valence-electron chi connectivity index (χ1n) is 15.6. The number of hydrogen-bond donors (Lipinski definition) is 1. The van der Waals surface area contributed by atoms with Crippen LogP contribution in [0.1, 0.15) is 0 Å². The van der Waals surface area contributed by atoms with Crippen LogP contribution in [0.2, 0.25) is 0 Å². The molecular weight excluding hydrogens is 852 g/mol. The standard InChI is InChI=1S/2C18H15P.C5H2F6O2.Eu/c2*1-4-10-16(11-5-1)19(17-12-6-2-7-13-17)18-14-8-3-9-15-18;6-4(7,8)2(12)1-3(13)5(9,10)11;/h2*1-15H;1,12H;/p+2/b;;2-1-;. The van der Waals surface area contributed by atoms with Gasteiger partial charge in [-0.1, -0.05) is 109 Å². The van der Waals surface area contributed by atoms with Crippen LogP contribution in [0.15, 0.2) is 194 Å². The molecule has 0 aliphatic carbocycles. The van der Waals surface area contributed by atoms with Gasteiger partial charge in [0.2, 0.25) is 5.76 Å². The average molecular weight is 887 g/mol. The maximum Gasteiger partial charge on any atom is 0.454 e. The minimum atomic E-state index is -5.42. The van der Waals surface area contributed by atoms with Crippen molar-refractivity contribution in [2.24, 2.45) is 0 Å². The summed E-state index contributed by atoms with van der Waals surface area (Å²) in [4.78, 5) is 9.86. The molecule has 1 N–H and O–H groups in total. The maximum atomic E-state index is 11.4. The van der Waals surface area contributed by atoms with Crippen molar-refractivity contribution in [2.45, 2.75) is 12.4 Å². The molecule has 0 spiro atoms. The van der Waals surface area contributed by atoms with E-state index in [1.54, 1.807) is 0 Å². The van der Waals surface area contributed by atoms with Gasteiger partial charge < -0.3 is 5.11 Å². The van der Waals surface area contributed by atoms with Crippen LogP contribution in [0.5, 0.6) is 0 Å². The van der Waals surface area contributed by atoms with E-state index in [1.165, 1.54) is 31.8 Å². The van der Waals surface area contributed by atoms with Crippen molar-refractivity contribution in [3.63, 3.8) is 0 Å². The van der Waals surface area contributed by atoms with Gasteiger partial charge in [-0.25, -0.2) is 0 Å². The van der Waals surface area contributed by atoms with Gasteiger partial charge in [0.1, 0.15) is 31.8 Å². The minimum Gasteiger partial charge on any atom is -0.504 e. The second kappa shape index (κ2) is 21.3. The second-order valence-electron chi connectivity index (χ2n) is 10.8. The van der Waals surface area contributed by atoms with Gasteiger partial charge in [-0.05, 0) is 72.8 Å². The molecule has 0 aliphatic rings. The summed E-state index contributed by atoms with van der Waals surface area (Å²) in [5.41, 5.74) is 0. The summed E-state index contributed by atoms with van der Waals surface area (Å²) in [6.45, 7) is 0. The van der Waals surface area contributed by atoms with E-state index in [0.29, 0.717) is 0 Å². The number of allylic oxidation sites excluding steroid dienone is 2. The number of aliphatic hydroxyl groups excluding tert-OH is 1. The second-order valence-corrected chi connectivity index (χ2v) is 15.8. The molecule has 1 radical (unpaired) electrons. The zero-order chi connectivity index (χ0) is 36.7. The Labute approximate surface area is 342 Å². The summed E-state index contributed by atoms with van der Waals surface area (Å²) in [7, 11) is -1.75. The number of carbonyl (C=O) groups is 1. The van der Waals surface area contributed by atoms with Gasteiger partial charge in [-0.2, -0.15) is 26.3 Å². The third-order valence-corrected chi connectivity index (χ3v) is 12.7. The van der Waals surface area contributed by atoms with Crippen LogP contribution < -0.4 is 31.8 Å². The number of hydrogen-bond acceptors (Lipinski definition) is 2. The molecule has 0 saturated heterocycles. The van der Waals surface area contributed by atoms with Crippen LogP contribution in [0.4, 0.5) is 26.3 Å². The van der Waals surface area contributed by atoms with Crippen LogP contribution in [-0.2, 0) is 4.79 Å². The molecule has 0 unspecified atom stereocenters. The van der Waals surface area contributed by atoms with Crippen LogP contribution in [0.3, 0.4) is 0 Å². The van der Waals surface area contributed by atoms with Crippen LogP contribution in [-0.4, -0.2) is 23.2 Å². The number of aliphatic hydroxyl groups is 1. The van der Waals surface area contributed by atoms with Crippen LogP contribution >= 0.6 is 15.8 Å². The van der Waals surface area contributed by atoms with Crippen molar-refractivity contribution in [2.75, 3.05) is 0 Å². The maximum absolute atomic E-state index is 11.4. The molecule has 6 aromatic rings. The fourth-order valence-electron chi connectivity index (χ4n) is 4.92. The Bertz CT molecular complexity index is 1620. The van der Waals surface area contributed by atoms with Crippen molar-refractivity contribution >= 4 is 53.5 Å². The molecule has 0 aliphatic heterocycles. The van der Waals surface area contributed by atoms with Crippen molar-refractivity contribution in [3.8, 4) is 0 Å².